The third kappa shape index (κ3) is 5.13. The van der Waals surface area contributed by atoms with Crippen molar-refractivity contribution in [2.24, 2.45) is 10.9 Å². The Hall–Kier alpha value is -1.71. The van der Waals surface area contributed by atoms with E-state index < -0.39 is 0 Å². The molecule has 1 aromatic rings. The van der Waals surface area contributed by atoms with Crippen molar-refractivity contribution in [1.29, 1.82) is 0 Å². The summed E-state index contributed by atoms with van der Waals surface area (Å²) in [6, 6.07) is 7.10. The molecule has 0 aromatic heterocycles. The molecule has 0 amide bonds. The Kier molecular flexibility index (Phi) is 6.60. The van der Waals surface area contributed by atoms with Gasteiger partial charge in [-0.25, -0.2) is 0 Å². The zero-order valence-corrected chi connectivity index (χ0v) is 15.8. The van der Waals surface area contributed by atoms with E-state index in [1.54, 1.807) is 0 Å². The highest BCUT2D eigenvalue weighted by molar-refractivity contribution is 5.80. The van der Waals surface area contributed by atoms with Crippen LogP contribution in [0.25, 0.3) is 0 Å². The summed E-state index contributed by atoms with van der Waals surface area (Å²) in [5, 5.41) is 7.06. The first-order chi connectivity index (χ1) is 12.3. The van der Waals surface area contributed by atoms with Crippen LogP contribution in [0.4, 0.5) is 0 Å². The van der Waals surface area contributed by atoms with E-state index in [9.17, 15) is 0 Å². The van der Waals surface area contributed by atoms with Crippen molar-refractivity contribution in [2.45, 2.75) is 71.4 Å². The molecule has 1 aliphatic heterocycles. The fraction of sp³-hybridized carbons (Fsp3) is 0.667. The van der Waals surface area contributed by atoms with Gasteiger partial charge in [0.15, 0.2) is 5.96 Å². The summed E-state index contributed by atoms with van der Waals surface area (Å²) in [6.45, 7) is 6.89. The molecule has 1 saturated carbocycles. The molecule has 2 atom stereocenters. The SMILES string of the molecule is CCCCCCOc1cc(C)ccc1CNC1=NCC2CCCC2N1. The van der Waals surface area contributed by atoms with Crippen molar-refractivity contribution in [3.8, 4) is 5.75 Å². The Labute approximate surface area is 152 Å². The normalized spacial score (nSPS) is 22.1. The summed E-state index contributed by atoms with van der Waals surface area (Å²) < 4.78 is 6.07. The van der Waals surface area contributed by atoms with Crippen LogP contribution >= 0.6 is 0 Å². The second-order valence-corrected chi connectivity index (χ2v) is 7.50. The van der Waals surface area contributed by atoms with Gasteiger partial charge in [0.25, 0.3) is 0 Å². The van der Waals surface area contributed by atoms with Crippen molar-refractivity contribution in [2.75, 3.05) is 13.2 Å². The molecule has 2 N–H and O–H groups in total. The molecule has 0 spiro atoms. The van der Waals surface area contributed by atoms with Crippen LogP contribution in [-0.4, -0.2) is 25.2 Å². The Balaban J connectivity index is 1.52. The molecule has 138 valence electrons. The van der Waals surface area contributed by atoms with Gasteiger partial charge in [0.05, 0.1) is 6.61 Å². The summed E-state index contributed by atoms with van der Waals surface area (Å²) >= 11 is 0. The summed E-state index contributed by atoms with van der Waals surface area (Å²) in [7, 11) is 0. The summed E-state index contributed by atoms with van der Waals surface area (Å²) in [5.74, 6) is 2.71. The van der Waals surface area contributed by atoms with E-state index in [2.05, 4.69) is 47.7 Å². The van der Waals surface area contributed by atoms with Crippen molar-refractivity contribution >= 4 is 5.96 Å². The van der Waals surface area contributed by atoms with Crippen LogP contribution in [0.15, 0.2) is 23.2 Å². The molecular formula is C21H33N3O. The molecule has 0 bridgehead atoms. The maximum atomic E-state index is 6.07. The minimum atomic E-state index is 0.618. The zero-order chi connectivity index (χ0) is 17.5. The number of fused-ring (bicyclic) bond motifs is 1. The topological polar surface area (TPSA) is 45.6 Å². The third-order valence-corrected chi connectivity index (χ3v) is 5.39. The van der Waals surface area contributed by atoms with Crippen molar-refractivity contribution in [3.05, 3.63) is 29.3 Å². The van der Waals surface area contributed by atoms with Crippen LogP contribution in [0, 0.1) is 12.8 Å². The number of rotatable bonds is 8. The molecule has 1 fully saturated rings. The van der Waals surface area contributed by atoms with Crippen LogP contribution in [-0.2, 0) is 6.54 Å². The van der Waals surface area contributed by atoms with Gasteiger partial charge >= 0.3 is 0 Å². The van der Waals surface area contributed by atoms with Crippen LogP contribution in [0.5, 0.6) is 5.75 Å². The maximum Gasteiger partial charge on any atom is 0.191 e. The van der Waals surface area contributed by atoms with Crippen LogP contribution in [0.2, 0.25) is 0 Å². The van der Waals surface area contributed by atoms with Gasteiger partial charge in [0.2, 0.25) is 0 Å². The molecule has 0 radical (unpaired) electrons. The molecule has 1 aromatic carbocycles. The van der Waals surface area contributed by atoms with Crippen molar-refractivity contribution in [3.63, 3.8) is 0 Å². The van der Waals surface area contributed by atoms with Gasteiger partial charge < -0.3 is 15.4 Å². The Morgan fingerprint density at radius 2 is 2.16 bits per heavy atom. The molecule has 0 saturated heterocycles. The molecule has 3 rings (SSSR count). The first kappa shape index (κ1) is 18.1. The van der Waals surface area contributed by atoms with E-state index in [1.807, 2.05) is 0 Å². The number of guanidine groups is 1. The lowest BCUT2D eigenvalue weighted by atomic mass is 10.0. The second kappa shape index (κ2) is 9.12. The molecule has 4 heteroatoms. The average Bonchev–Trinajstić information content (AvgIpc) is 3.08. The first-order valence-corrected chi connectivity index (χ1v) is 10.0. The highest BCUT2D eigenvalue weighted by atomic mass is 16.5. The lowest BCUT2D eigenvalue weighted by molar-refractivity contribution is 0.301. The van der Waals surface area contributed by atoms with E-state index in [0.29, 0.717) is 6.04 Å². The fourth-order valence-electron chi connectivity index (χ4n) is 3.81. The standard InChI is InChI=1S/C21H33N3O/c1-3-4-5-6-12-25-20-13-16(2)10-11-18(20)15-23-21-22-14-17-8-7-9-19(17)24-21/h10-11,13,17,19H,3-9,12,14-15H2,1-2H3,(H2,22,23,24). The molecule has 2 aliphatic rings. The van der Waals surface area contributed by atoms with Gasteiger partial charge in [-0.05, 0) is 43.7 Å². The average molecular weight is 344 g/mol. The number of nitrogens with one attached hydrogen (secondary N) is 2. The lowest BCUT2D eigenvalue weighted by Crippen LogP contribution is -2.48. The van der Waals surface area contributed by atoms with E-state index in [0.717, 1.165) is 43.7 Å². The zero-order valence-electron chi connectivity index (χ0n) is 15.8. The monoisotopic (exact) mass is 343 g/mol. The molecule has 1 aliphatic carbocycles. The van der Waals surface area contributed by atoms with Gasteiger partial charge in [0, 0.05) is 24.7 Å². The number of aliphatic imine (C=N–C) groups is 1. The largest absolute Gasteiger partial charge is 0.493 e. The summed E-state index contributed by atoms with van der Waals surface area (Å²) in [4.78, 5) is 4.68. The van der Waals surface area contributed by atoms with Crippen LogP contribution < -0.4 is 15.4 Å². The molecular weight excluding hydrogens is 310 g/mol. The number of unbranched alkanes of at least 4 members (excludes halogenated alkanes) is 3. The molecule has 25 heavy (non-hydrogen) atoms. The molecule has 4 nitrogen and oxygen atoms in total. The van der Waals surface area contributed by atoms with Crippen molar-refractivity contribution in [1.82, 2.24) is 10.6 Å². The van der Waals surface area contributed by atoms with E-state index >= 15 is 0 Å². The Morgan fingerprint density at radius 3 is 3.04 bits per heavy atom. The Morgan fingerprint density at radius 1 is 1.24 bits per heavy atom. The number of benzene rings is 1. The first-order valence-electron chi connectivity index (χ1n) is 10.0. The Bertz CT molecular complexity index is 585. The van der Waals surface area contributed by atoms with E-state index in [4.69, 9.17) is 4.74 Å². The van der Waals surface area contributed by atoms with Gasteiger partial charge in [-0.1, -0.05) is 44.7 Å². The van der Waals surface area contributed by atoms with Gasteiger partial charge in [-0.3, -0.25) is 4.99 Å². The number of hydrogen-bond acceptors (Lipinski definition) is 4. The minimum Gasteiger partial charge on any atom is -0.493 e. The van der Waals surface area contributed by atoms with Crippen LogP contribution in [0.1, 0.15) is 63.0 Å². The highest BCUT2D eigenvalue weighted by Crippen LogP contribution is 2.27. The predicted molar refractivity (Wildman–Crippen MR) is 104 cm³/mol. The lowest BCUT2D eigenvalue weighted by Gasteiger charge is -2.27. The molecule has 1 heterocycles. The van der Waals surface area contributed by atoms with Gasteiger partial charge in [0.1, 0.15) is 5.75 Å². The third-order valence-electron chi connectivity index (χ3n) is 5.39. The fourth-order valence-corrected chi connectivity index (χ4v) is 3.81. The maximum absolute atomic E-state index is 6.07. The summed E-state index contributed by atoms with van der Waals surface area (Å²) in [5.41, 5.74) is 2.45. The number of ether oxygens (including phenoxy) is 1. The predicted octanol–water partition coefficient (Wildman–Crippen LogP) is 4.17. The number of hydrogen-bond donors (Lipinski definition) is 2. The van der Waals surface area contributed by atoms with E-state index in [-0.39, 0.29) is 0 Å². The highest BCUT2D eigenvalue weighted by Gasteiger charge is 2.30. The van der Waals surface area contributed by atoms with Crippen molar-refractivity contribution < 1.29 is 4.74 Å². The molecule has 2 unspecified atom stereocenters. The quantitative estimate of drug-likeness (QED) is 0.696. The van der Waals surface area contributed by atoms with Crippen LogP contribution in [0.3, 0.4) is 0 Å². The summed E-state index contributed by atoms with van der Waals surface area (Å²) in [6.07, 6.45) is 8.87. The smallest absolute Gasteiger partial charge is 0.191 e. The second-order valence-electron chi connectivity index (χ2n) is 7.50. The van der Waals surface area contributed by atoms with Gasteiger partial charge in [-0.2, -0.15) is 0 Å². The number of nitrogens with zero attached hydrogens (tertiary/aromatic N) is 1. The number of aryl methyl sites for hydroxylation is 1. The van der Waals surface area contributed by atoms with Gasteiger partial charge in [-0.15, -0.1) is 0 Å². The van der Waals surface area contributed by atoms with E-state index in [1.165, 1.54) is 49.7 Å². The minimum absolute atomic E-state index is 0.618.